The summed E-state index contributed by atoms with van der Waals surface area (Å²) in [5.41, 5.74) is 6.69. The Bertz CT molecular complexity index is 425. The van der Waals surface area contributed by atoms with Gasteiger partial charge in [0.15, 0.2) is 5.82 Å². The molecular formula is C12H15N3O. The quantitative estimate of drug-likeness (QED) is 0.821. The normalized spacial score (nSPS) is 10.6. The molecule has 2 N–H and O–H groups in total. The third-order valence-corrected chi connectivity index (χ3v) is 2.35. The summed E-state index contributed by atoms with van der Waals surface area (Å²) in [5.74, 6) is 1.39. The van der Waals surface area contributed by atoms with Gasteiger partial charge in [-0.1, -0.05) is 35.5 Å². The lowest BCUT2D eigenvalue weighted by Crippen LogP contribution is -2.03. The molecule has 0 fully saturated rings. The van der Waals surface area contributed by atoms with E-state index in [4.69, 9.17) is 10.3 Å². The first-order valence-corrected chi connectivity index (χ1v) is 5.44. The van der Waals surface area contributed by atoms with Crippen molar-refractivity contribution >= 4 is 0 Å². The van der Waals surface area contributed by atoms with Crippen molar-refractivity contribution in [3.05, 3.63) is 47.6 Å². The van der Waals surface area contributed by atoms with Gasteiger partial charge in [-0.2, -0.15) is 4.98 Å². The average molecular weight is 217 g/mol. The Labute approximate surface area is 94.5 Å². The number of nitrogens with two attached hydrogens (primary N) is 1. The summed E-state index contributed by atoms with van der Waals surface area (Å²) in [6.07, 6.45) is 2.39. The molecule has 1 aromatic heterocycles. The molecule has 2 rings (SSSR count). The van der Waals surface area contributed by atoms with Crippen molar-refractivity contribution < 1.29 is 4.52 Å². The molecule has 0 aliphatic carbocycles. The molecule has 4 heteroatoms. The van der Waals surface area contributed by atoms with Gasteiger partial charge in [0.2, 0.25) is 5.89 Å². The summed E-state index contributed by atoms with van der Waals surface area (Å²) in [6.45, 7) is 0.542. The zero-order valence-corrected chi connectivity index (χ0v) is 9.10. The van der Waals surface area contributed by atoms with Crippen LogP contribution in [0.1, 0.15) is 17.3 Å². The molecule has 0 spiro atoms. The molecule has 0 saturated heterocycles. The number of nitrogens with zero attached hydrogens (tertiary/aromatic N) is 2. The predicted octanol–water partition coefficient (Wildman–Crippen LogP) is 1.36. The van der Waals surface area contributed by atoms with E-state index in [1.807, 2.05) is 18.2 Å². The minimum absolute atomic E-state index is 0.542. The molecule has 2 aromatic rings. The zero-order chi connectivity index (χ0) is 11.2. The molecule has 0 atom stereocenters. The van der Waals surface area contributed by atoms with Crippen molar-refractivity contribution in [2.45, 2.75) is 19.3 Å². The first-order valence-electron chi connectivity index (χ1n) is 5.44. The first-order chi connectivity index (χ1) is 7.88. The van der Waals surface area contributed by atoms with Crippen LogP contribution >= 0.6 is 0 Å². The predicted molar refractivity (Wildman–Crippen MR) is 60.9 cm³/mol. The van der Waals surface area contributed by atoms with Gasteiger partial charge in [0.05, 0.1) is 0 Å². The molecule has 16 heavy (non-hydrogen) atoms. The summed E-state index contributed by atoms with van der Waals surface area (Å²) in [5, 5.41) is 3.91. The van der Waals surface area contributed by atoms with E-state index in [-0.39, 0.29) is 0 Å². The number of aromatic nitrogens is 2. The second-order valence-corrected chi connectivity index (χ2v) is 3.63. The Morgan fingerprint density at radius 1 is 1.06 bits per heavy atom. The van der Waals surface area contributed by atoms with Crippen molar-refractivity contribution in [1.82, 2.24) is 10.1 Å². The fourth-order valence-corrected chi connectivity index (χ4v) is 1.52. The third kappa shape index (κ3) is 2.90. The van der Waals surface area contributed by atoms with Crippen LogP contribution in [0.3, 0.4) is 0 Å². The van der Waals surface area contributed by atoms with Gasteiger partial charge < -0.3 is 10.3 Å². The number of aryl methyl sites for hydroxylation is 2. The standard InChI is InChI=1S/C12H15N3O/c13-9-8-12-14-11(15-16-12)7-6-10-4-2-1-3-5-10/h1-5H,6-9,13H2. The summed E-state index contributed by atoms with van der Waals surface area (Å²) in [7, 11) is 0. The topological polar surface area (TPSA) is 64.9 Å². The smallest absolute Gasteiger partial charge is 0.227 e. The molecule has 0 aliphatic heterocycles. The highest BCUT2D eigenvalue weighted by Gasteiger charge is 2.05. The number of rotatable bonds is 5. The molecule has 0 aliphatic rings. The van der Waals surface area contributed by atoms with Crippen LogP contribution in [-0.4, -0.2) is 16.7 Å². The van der Waals surface area contributed by atoms with E-state index in [2.05, 4.69) is 22.3 Å². The summed E-state index contributed by atoms with van der Waals surface area (Å²) in [4.78, 5) is 4.26. The van der Waals surface area contributed by atoms with E-state index >= 15 is 0 Å². The molecule has 1 heterocycles. The van der Waals surface area contributed by atoms with Crippen LogP contribution in [0.25, 0.3) is 0 Å². The van der Waals surface area contributed by atoms with E-state index in [0.29, 0.717) is 18.9 Å². The van der Waals surface area contributed by atoms with Crippen molar-refractivity contribution in [3.8, 4) is 0 Å². The van der Waals surface area contributed by atoms with Crippen molar-refractivity contribution in [1.29, 1.82) is 0 Å². The van der Waals surface area contributed by atoms with Gasteiger partial charge in [-0.15, -0.1) is 0 Å². The first kappa shape index (κ1) is 10.8. The van der Waals surface area contributed by atoms with Crippen molar-refractivity contribution in [3.63, 3.8) is 0 Å². The van der Waals surface area contributed by atoms with Gasteiger partial charge in [-0.3, -0.25) is 0 Å². The Kier molecular flexibility index (Phi) is 3.66. The van der Waals surface area contributed by atoms with Gasteiger partial charge in [-0.05, 0) is 12.0 Å². The SMILES string of the molecule is NCCc1nc(CCc2ccccc2)no1. The number of hydrogen-bond donors (Lipinski definition) is 1. The largest absolute Gasteiger partial charge is 0.339 e. The average Bonchev–Trinajstić information content (AvgIpc) is 2.76. The Morgan fingerprint density at radius 3 is 2.62 bits per heavy atom. The molecule has 0 saturated carbocycles. The fraction of sp³-hybridized carbons (Fsp3) is 0.333. The number of hydrogen-bond acceptors (Lipinski definition) is 4. The highest BCUT2D eigenvalue weighted by molar-refractivity contribution is 5.15. The minimum atomic E-state index is 0.542. The lowest BCUT2D eigenvalue weighted by Gasteiger charge is -1.96. The van der Waals surface area contributed by atoms with Gasteiger partial charge in [0, 0.05) is 19.4 Å². The second kappa shape index (κ2) is 5.42. The Hall–Kier alpha value is -1.68. The van der Waals surface area contributed by atoms with Gasteiger partial charge in [0.25, 0.3) is 0 Å². The van der Waals surface area contributed by atoms with Gasteiger partial charge in [-0.25, -0.2) is 0 Å². The summed E-state index contributed by atoms with van der Waals surface area (Å²) < 4.78 is 5.05. The lowest BCUT2D eigenvalue weighted by atomic mass is 10.1. The fourth-order valence-electron chi connectivity index (χ4n) is 1.52. The molecule has 0 amide bonds. The highest BCUT2D eigenvalue weighted by atomic mass is 16.5. The van der Waals surface area contributed by atoms with Crippen LogP contribution in [0.4, 0.5) is 0 Å². The van der Waals surface area contributed by atoms with Crippen molar-refractivity contribution in [2.24, 2.45) is 5.73 Å². The molecule has 1 aromatic carbocycles. The van der Waals surface area contributed by atoms with Crippen LogP contribution in [0.2, 0.25) is 0 Å². The van der Waals surface area contributed by atoms with E-state index in [1.165, 1.54) is 5.56 Å². The van der Waals surface area contributed by atoms with E-state index in [9.17, 15) is 0 Å². The van der Waals surface area contributed by atoms with Gasteiger partial charge >= 0.3 is 0 Å². The van der Waals surface area contributed by atoms with Crippen LogP contribution in [0.5, 0.6) is 0 Å². The molecule has 84 valence electrons. The monoisotopic (exact) mass is 217 g/mol. The molecule has 0 radical (unpaired) electrons. The van der Waals surface area contributed by atoms with Crippen LogP contribution < -0.4 is 5.73 Å². The highest BCUT2D eigenvalue weighted by Crippen LogP contribution is 2.05. The molecule has 0 unspecified atom stereocenters. The van der Waals surface area contributed by atoms with Crippen LogP contribution in [0, 0.1) is 0 Å². The second-order valence-electron chi connectivity index (χ2n) is 3.63. The van der Waals surface area contributed by atoms with E-state index < -0.39 is 0 Å². The van der Waals surface area contributed by atoms with E-state index in [0.717, 1.165) is 18.7 Å². The maximum Gasteiger partial charge on any atom is 0.227 e. The maximum absolute atomic E-state index is 5.41. The summed E-state index contributed by atoms with van der Waals surface area (Å²) in [6, 6.07) is 10.3. The number of benzene rings is 1. The Balaban J connectivity index is 1.89. The molecular weight excluding hydrogens is 202 g/mol. The Morgan fingerprint density at radius 2 is 1.88 bits per heavy atom. The minimum Gasteiger partial charge on any atom is -0.339 e. The summed E-state index contributed by atoms with van der Waals surface area (Å²) >= 11 is 0. The molecule has 4 nitrogen and oxygen atoms in total. The lowest BCUT2D eigenvalue weighted by molar-refractivity contribution is 0.374. The maximum atomic E-state index is 5.41. The van der Waals surface area contributed by atoms with E-state index in [1.54, 1.807) is 0 Å². The van der Waals surface area contributed by atoms with Gasteiger partial charge in [0.1, 0.15) is 0 Å². The van der Waals surface area contributed by atoms with Crippen LogP contribution in [-0.2, 0) is 19.3 Å². The van der Waals surface area contributed by atoms with Crippen molar-refractivity contribution in [2.75, 3.05) is 6.54 Å². The third-order valence-electron chi connectivity index (χ3n) is 2.35. The molecule has 0 bridgehead atoms. The zero-order valence-electron chi connectivity index (χ0n) is 9.10. The van der Waals surface area contributed by atoms with Crippen LogP contribution in [0.15, 0.2) is 34.9 Å².